The Hall–Kier alpha value is -1.77. The quantitative estimate of drug-likeness (QED) is 0.891. The first kappa shape index (κ1) is 16.1. The van der Waals surface area contributed by atoms with Gasteiger partial charge in [-0.15, -0.1) is 0 Å². The Labute approximate surface area is 135 Å². The van der Waals surface area contributed by atoms with Crippen LogP contribution < -0.4 is 5.32 Å². The Morgan fingerprint density at radius 2 is 2.17 bits per heavy atom. The van der Waals surface area contributed by atoms with E-state index in [0.29, 0.717) is 19.0 Å². The number of hydrogen-bond donors (Lipinski definition) is 1. The van der Waals surface area contributed by atoms with E-state index in [0.717, 1.165) is 13.0 Å². The summed E-state index contributed by atoms with van der Waals surface area (Å²) in [5.74, 6) is -0.133. The molecule has 0 spiro atoms. The van der Waals surface area contributed by atoms with Gasteiger partial charge in [0.25, 0.3) is 0 Å². The predicted molar refractivity (Wildman–Crippen MR) is 84.3 cm³/mol. The van der Waals surface area contributed by atoms with Gasteiger partial charge < -0.3 is 5.32 Å². The number of para-hydroxylation sites is 1. The van der Waals surface area contributed by atoms with Crippen molar-refractivity contribution in [3.05, 3.63) is 42.5 Å². The van der Waals surface area contributed by atoms with Gasteiger partial charge in [0.2, 0.25) is 10.0 Å². The Morgan fingerprint density at radius 3 is 2.91 bits per heavy atom. The average molecular weight is 338 g/mol. The van der Waals surface area contributed by atoms with Crippen LogP contribution >= 0.6 is 0 Å². The minimum absolute atomic E-state index is 0.0888. The highest BCUT2D eigenvalue weighted by Crippen LogP contribution is 2.24. The van der Waals surface area contributed by atoms with Gasteiger partial charge in [0.1, 0.15) is 16.4 Å². The molecule has 1 aromatic carbocycles. The van der Waals surface area contributed by atoms with E-state index in [-0.39, 0.29) is 10.6 Å². The molecule has 1 fully saturated rings. The fourth-order valence-electron chi connectivity index (χ4n) is 2.83. The highest BCUT2D eigenvalue weighted by molar-refractivity contribution is 7.89. The molecule has 3 rings (SSSR count). The van der Waals surface area contributed by atoms with Crippen molar-refractivity contribution >= 4 is 10.0 Å². The summed E-state index contributed by atoms with van der Waals surface area (Å²) in [5.41, 5.74) is 0.225. The number of sulfonamides is 1. The lowest BCUT2D eigenvalue weighted by Gasteiger charge is -2.15. The molecule has 1 unspecified atom stereocenters. The Balaban J connectivity index is 1.84. The van der Waals surface area contributed by atoms with E-state index in [2.05, 4.69) is 10.4 Å². The van der Waals surface area contributed by atoms with Crippen molar-refractivity contribution in [1.29, 1.82) is 0 Å². The lowest BCUT2D eigenvalue weighted by molar-refractivity contribution is 0.451. The predicted octanol–water partition coefficient (Wildman–Crippen LogP) is 1.24. The van der Waals surface area contributed by atoms with Crippen molar-refractivity contribution in [1.82, 2.24) is 19.4 Å². The molecule has 1 aliphatic heterocycles. The number of nitrogens with zero attached hydrogens (tertiary/aromatic N) is 3. The zero-order valence-corrected chi connectivity index (χ0v) is 13.6. The highest BCUT2D eigenvalue weighted by Gasteiger charge is 2.33. The van der Waals surface area contributed by atoms with Crippen molar-refractivity contribution < 1.29 is 12.8 Å². The molecule has 23 heavy (non-hydrogen) atoms. The minimum Gasteiger partial charge on any atom is -0.319 e. The largest absolute Gasteiger partial charge is 0.319 e. The minimum atomic E-state index is -3.59. The van der Waals surface area contributed by atoms with E-state index in [1.807, 2.05) is 7.05 Å². The number of aromatic nitrogens is 2. The van der Waals surface area contributed by atoms with Crippen molar-refractivity contribution in [3.63, 3.8) is 0 Å². The topological polar surface area (TPSA) is 67.2 Å². The Bertz CT molecular complexity index is 790. The van der Waals surface area contributed by atoms with Gasteiger partial charge in [-0.25, -0.2) is 17.5 Å². The zero-order valence-electron chi connectivity index (χ0n) is 12.8. The van der Waals surface area contributed by atoms with E-state index in [1.165, 1.54) is 27.4 Å². The lowest BCUT2D eigenvalue weighted by Crippen LogP contribution is -2.30. The first-order valence-electron chi connectivity index (χ1n) is 7.46. The first-order valence-corrected chi connectivity index (χ1v) is 8.90. The smallest absolute Gasteiger partial charge is 0.246 e. The molecule has 2 aromatic rings. The van der Waals surface area contributed by atoms with Crippen LogP contribution in [0.15, 0.2) is 41.6 Å². The molecule has 1 N–H and O–H groups in total. The molecule has 0 saturated carbocycles. The third-order valence-electron chi connectivity index (χ3n) is 4.04. The van der Waals surface area contributed by atoms with Crippen LogP contribution in [0.5, 0.6) is 0 Å². The molecule has 1 atom stereocenters. The van der Waals surface area contributed by atoms with Gasteiger partial charge in [-0.3, -0.25) is 0 Å². The summed E-state index contributed by atoms with van der Waals surface area (Å²) in [6.45, 7) is 1.79. The standard InChI is InChI=1S/C15H19FN4O2S/c1-17-8-12-6-7-19(10-12)23(21,22)13-9-18-20(11-13)15-5-3-2-4-14(15)16/h2-5,9,11-12,17H,6-8,10H2,1H3. The zero-order chi connectivity index (χ0) is 16.4. The normalized spacial score (nSPS) is 19.3. The molecule has 0 amide bonds. The summed E-state index contributed by atoms with van der Waals surface area (Å²) in [4.78, 5) is 0.0888. The van der Waals surface area contributed by atoms with Crippen LogP contribution in [0.3, 0.4) is 0 Å². The maximum atomic E-state index is 13.8. The summed E-state index contributed by atoms with van der Waals surface area (Å²) < 4.78 is 41.9. The molecule has 0 aliphatic carbocycles. The van der Waals surface area contributed by atoms with Gasteiger partial charge >= 0.3 is 0 Å². The van der Waals surface area contributed by atoms with E-state index in [4.69, 9.17) is 0 Å². The molecule has 1 saturated heterocycles. The summed E-state index contributed by atoms with van der Waals surface area (Å²) in [6.07, 6.45) is 3.47. The molecule has 1 aliphatic rings. The van der Waals surface area contributed by atoms with Crippen molar-refractivity contribution in [3.8, 4) is 5.69 Å². The van der Waals surface area contributed by atoms with Gasteiger partial charge in [-0.05, 0) is 38.1 Å². The van der Waals surface area contributed by atoms with Crippen molar-refractivity contribution in [2.75, 3.05) is 26.7 Å². The van der Waals surface area contributed by atoms with Crippen LogP contribution in [-0.4, -0.2) is 49.2 Å². The van der Waals surface area contributed by atoms with E-state index >= 15 is 0 Å². The van der Waals surface area contributed by atoms with Crippen LogP contribution in [0, 0.1) is 11.7 Å². The highest BCUT2D eigenvalue weighted by atomic mass is 32.2. The van der Waals surface area contributed by atoms with Crippen molar-refractivity contribution in [2.45, 2.75) is 11.3 Å². The maximum Gasteiger partial charge on any atom is 0.246 e. The molecule has 6 nitrogen and oxygen atoms in total. The van der Waals surface area contributed by atoms with Gasteiger partial charge in [-0.1, -0.05) is 12.1 Å². The summed E-state index contributed by atoms with van der Waals surface area (Å²) in [7, 11) is -1.73. The molecule has 0 bridgehead atoms. The van der Waals surface area contributed by atoms with Gasteiger partial charge in [-0.2, -0.15) is 9.40 Å². The van der Waals surface area contributed by atoms with Crippen LogP contribution in [0.1, 0.15) is 6.42 Å². The number of rotatable bonds is 5. The number of benzene rings is 1. The van der Waals surface area contributed by atoms with Crippen LogP contribution in [-0.2, 0) is 10.0 Å². The fourth-order valence-corrected chi connectivity index (χ4v) is 4.29. The third-order valence-corrected chi connectivity index (χ3v) is 5.86. The molecular formula is C15H19FN4O2S. The van der Waals surface area contributed by atoms with E-state index in [1.54, 1.807) is 18.2 Å². The van der Waals surface area contributed by atoms with Crippen LogP contribution in [0.4, 0.5) is 4.39 Å². The summed E-state index contributed by atoms with van der Waals surface area (Å²) >= 11 is 0. The first-order chi connectivity index (χ1) is 11.0. The van der Waals surface area contributed by atoms with E-state index in [9.17, 15) is 12.8 Å². The van der Waals surface area contributed by atoms with Crippen molar-refractivity contribution in [2.24, 2.45) is 5.92 Å². The Morgan fingerprint density at radius 1 is 1.39 bits per heavy atom. The van der Waals surface area contributed by atoms with E-state index < -0.39 is 15.8 Å². The van der Waals surface area contributed by atoms with Crippen LogP contribution in [0.2, 0.25) is 0 Å². The number of hydrogen-bond acceptors (Lipinski definition) is 4. The third kappa shape index (κ3) is 3.15. The monoisotopic (exact) mass is 338 g/mol. The van der Waals surface area contributed by atoms with Crippen LogP contribution in [0.25, 0.3) is 5.69 Å². The molecule has 2 heterocycles. The molecule has 1 aromatic heterocycles. The summed E-state index contributed by atoms with van der Waals surface area (Å²) in [5, 5.41) is 7.07. The maximum absolute atomic E-state index is 13.8. The SMILES string of the molecule is CNCC1CCN(S(=O)(=O)c2cnn(-c3ccccc3F)c2)C1. The molecular weight excluding hydrogens is 319 g/mol. The van der Waals surface area contributed by atoms with Gasteiger partial charge in [0, 0.05) is 13.1 Å². The summed E-state index contributed by atoms with van der Waals surface area (Å²) in [6, 6.07) is 6.12. The Kier molecular flexibility index (Phi) is 4.47. The molecule has 124 valence electrons. The fraction of sp³-hybridized carbons (Fsp3) is 0.400. The second kappa shape index (κ2) is 6.38. The second-order valence-electron chi connectivity index (χ2n) is 5.65. The number of nitrogens with one attached hydrogen (secondary N) is 1. The molecule has 0 radical (unpaired) electrons. The lowest BCUT2D eigenvalue weighted by atomic mass is 10.1. The molecule has 8 heteroatoms. The van der Waals surface area contributed by atoms with Gasteiger partial charge in [0.15, 0.2) is 0 Å². The number of halogens is 1. The average Bonchev–Trinajstić information content (AvgIpc) is 3.17. The van der Waals surface area contributed by atoms with Gasteiger partial charge in [0.05, 0.1) is 12.4 Å². The second-order valence-corrected chi connectivity index (χ2v) is 7.59.